The SMILES string of the molecule is Cc1nc2ccc(CNC3CCCOC3)cc2[nH]1. The number of hydrogen-bond donors (Lipinski definition) is 2. The molecule has 4 nitrogen and oxygen atoms in total. The predicted octanol–water partition coefficient (Wildman–Crippen LogP) is 2.14. The van der Waals surface area contributed by atoms with E-state index in [9.17, 15) is 0 Å². The van der Waals surface area contributed by atoms with Crippen LogP contribution in [0.15, 0.2) is 18.2 Å². The smallest absolute Gasteiger partial charge is 0.104 e. The van der Waals surface area contributed by atoms with Gasteiger partial charge in [-0.15, -0.1) is 0 Å². The van der Waals surface area contributed by atoms with E-state index in [1.54, 1.807) is 0 Å². The highest BCUT2D eigenvalue weighted by Crippen LogP contribution is 2.14. The summed E-state index contributed by atoms with van der Waals surface area (Å²) in [5.74, 6) is 0.968. The molecule has 1 aromatic carbocycles. The second-order valence-electron chi connectivity index (χ2n) is 4.97. The van der Waals surface area contributed by atoms with Crippen LogP contribution >= 0.6 is 0 Å². The van der Waals surface area contributed by atoms with E-state index in [0.717, 1.165) is 43.0 Å². The molecule has 2 aromatic rings. The highest BCUT2D eigenvalue weighted by Gasteiger charge is 2.12. The molecule has 0 amide bonds. The van der Waals surface area contributed by atoms with Crippen LogP contribution in [0, 0.1) is 6.92 Å². The fourth-order valence-corrected chi connectivity index (χ4v) is 2.46. The quantitative estimate of drug-likeness (QED) is 0.871. The van der Waals surface area contributed by atoms with Crippen molar-refractivity contribution in [1.29, 1.82) is 0 Å². The lowest BCUT2D eigenvalue weighted by Gasteiger charge is -2.23. The summed E-state index contributed by atoms with van der Waals surface area (Å²) >= 11 is 0. The second kappa shape index (κ2) is 5.08. The van der Waals surface area contributed by atoms with Crippen LogP contribution in [0.5, 0.6) is 0 Å². The molecule has 1 aliphatic rings. The number of ether oxygens (including phenoxy) is 1. The Morgan fingerprint density at radius 2 is 2.44 bits per heavy atom. The largest absolute Gasteiger partial charge is 0.380 e. The number of aryl methyl sites for hydroxylation is 1. The molecule has 2 N–H and O–H groups in total. The molecule has 1 saturated heterocycles. The molecule has 3 rings (SSSR count). The van der Waals surface area contributed by atoms with E-state index in [2.05, 4.69) is 33.5 Å². The topological polar surface area (TPSA) is 49.9 Å². The van der Waals surface area contributed by atoms with Crippen LogP contribution in [0.1, 0.15) is 24.2 Å². The van der Waals surface area contributed by atoms with Gasteiger partial charge in [-0.2, -0.15) is 0 Å². The summed E-state index contributed by atoms with van der Waals surface area (Å²) in [6.07, 6.45) is 2.38. The standard InChI is InChI=1S/C14H19N3O/c1-10-16-13-5-4-11(7-14(13)17-10)8-15-12-3-2-6-18-9-12/h4-5,7,12,15H,2-3,6,8-9H2,1H3,(H,16,17). The first-order chi connectivity index (χ1) is 8.81. The van der Waals surface area contributed by atoms with Gasteiger partial charge < -0.3 is 15.0 Å². The van der Waals surface area contributed by atoms with Gasteiger partial charge in [-0.3, -0.25) is 0 Å². The Morgan fingerprint density at radius 1 is 1.50 bits per heavy atom. The molecular formula is C14H19N3O. The van der Waals surface area contributed by atoms with Crippen molar-refractivity contribution in [3.8, 4) is 0 Å². The van der Waals surface area contributed by atoms with Crippen LogP contribution in [0.3, 0.4) is 0 Å². The fraction of sp³-hybridized carbons (Fsp3) is 0.500. The molecule has 4 heteroatoms. The van der Waals surface area contributed by atoms with E-state index in [0.29, 0.717) is 6.04 Å². The summed E-state index contributed by atoms with van der Waals surface area (Å²) in [5, 5.41) is 3.55. The number of rotatable bonds is 3. The summed E-state index contributed by atoms with van der Waals surface area (Å²) in [7, 11) is 0. The van der Waals surface area contributed by atoms with Gasteiger partial charge in [-0.25, -0.2) is 4.98 Å². The first-order valence-corrected chi connectivity index (χ1v) is 6.57. The van der Waals surface area contributed by atoms with Crippen LogP contribution in [-0.2, 0) is 11.3 Å². The maximum absolute atomic E-state index is 5.47. The van der Waals surface area contributed by atoms with Crippen molar-refractivity contribution in [3.63, 3.8) is 0 Å². The molecular weight excluding hydrogens is 226 g/mol. The Morgan fingerprint density at radius 3 is 3.28 bits per heavy atom. The molecule has 1 atom stereocenters. The third-order valence-corrected chi connectivity index (χ3v) is 3.42. The zero-order valence-corrected chi connectivity index (χ0v) is 10.7. The molecule has 2 heterocycles. The summed E-state index contributed by atoms with van der Waals surface area (Å²) < 4.78 is 5.47. The Labute approximate surface area is 107 Å². The lowest BCUT2D eigenvalue weighted by Crippen LogP contribution is -2.36. The molecule has 0 bridgehead atoms. The van der Waals surface area contributed by atoms with Gasteiger partial charge in [0.2, 0.25) is 0 Å². The van der Waals surface area contributed by atoms with Gasteiger partial charge in [0.15, 0.2) is 0 Å². The highest BCUT2D eigenvalue weighted by atomic mass is 16.5. The summed E-state index contributed by atoms with van der Waals surface area (Å²) in [4.78, 5) is 7.68. The number of benzene rings is 1. The van der Waals surface area contributed by atoms with E-state index in [1.807, 2.05) is 6.92 Å². The van der Waals surface area contributed by atoms with Crippen molar-refractivity contribution < 1.29 is 4.74 Å². The van der Waals surface area contributed by atoms with Gasteiger partial charge in [0.05, 0.1) is 17.6 Å². The minimum atomic E-state index is 0.498. The zero-order chi connectivity index (χ0) is 12.4. The number of hydrogen-bond acceptors (Lipinski definition) is 3. The minimum Gasteiger partial charge on any atom is -0.380 e. The molecule has 18 heavy (non-hydrogen) atoms. The van der Waals surface area contributed by atoms with Gasteiger partial charge in [0, 0.05) is 19.2 Å². The Kier molecular flexibility index (Phi) is 3.30. The van der Waals surface area contributed by atoms with Crippen molar-refractivity contribution >= 4 is 11.0 Å². The van der Waals surface area contributed by atoms with E-state index in [-0.39, 0.29) is 0 Å². The van der Waals surface area contributed by atoms with Gasteiger partial charge in [0.25, 0.3) is 0 Å². The summed E-state index contributed by atoms with van der Waals surface area (Å²) in [6, 6.07) is 6.89. The number of aromatic nitrogens is 2. The van der Waals surface area contributed by atoms with Crippen molar-refractivity contribution in [3.05, 3.63) is 29.6 Å². The predicted molar refractivity (Wildman–Crippen MR) is 71.5 cm³/mol. The van der Waals surface area contributed by atoms with E-state index < -0.39 is 0 Å². The first kappa shape index (κ1) is 11.7. The summed E-state index contributed by atoms with van der Waals surface area (Å²) in [6.45, 7) is 4.63. The number of H-pyrrole nitrogens is 1. The van der Waals surface area contributed by atoms with E-state index in [1.165, 1.54) is 12.0 Å². The third-order valence-electron chi connectivity index (χ3n) is 3.42. The van der Waals surface area contributed by atoms with Crippen molar-refractivity contribution in [2.45, 2.75) is 32.4 Å². The Hall–Kier alpha value is -1.39. The van der Waals surface area contributed by atoms with Crippen molar-refractivity contribution in [2.75, 3.05) is 13.2 Å². The fourth-order valence-electron chi connectivity index (χ4n) is 2.46. The Balaban J connectivity index is 1.66. The van der Waals surface area contributed by atoms with E-state index in [4.69, 9.17) is 4.74 Å². The van der Waals surface area contributed by atoms with E-state index >= 15 is 0 Å². The molecule has 1 aliphatic heterocycles. The molecule has 0 aliphatic carbocycles. The zero-order valence-electron chi connectivity index (χ0n) is 10.7. The van der Waals surface area contributed by atoms with Crippen molar-refractivity contribution in [1.82, 2.24) is 15.3 Å². The summed E-state index contributed by atoms with van der Waals surface area (Å²) in [5.41, 5.74) is 3.45. The van der Waals surface area contributed by atoms with Gasteiger partial charge in [-0.05, 0) is 37.5 Å². The first-order valence-electron chi connectivity index (χ1n) is 6.57. The highest BCUT2D eigenvalue weighted by molar-refractivity contribution is 5.75. The van der Waals surface area contributed by atoms with Gasteiger partial charge in [-0.1, -0.05) is 6.07 Å². The van der Waals surface area contributed by atoms with Crippen LogP contribution in [0.2, 0.25) is 0 Å². The molecule has 0 radical (unpaired) electrons. The Bertz CT molecular complexity index is 529. The molecule has 0 spiro atoms. The number of imidazole rings is 1. The van der Waals surface area contributed by atoms with Gasteiger partial charge >= 0.3 is 0 Å². The van der Waals surface area contributed by atoms with Crippen LogP contribution in [0.4, 0.5) is 0 Å². The molecule has 0 saturated carbocycles. The third kappa shape index (κ3) is 2.54. The van der Waals surface area contributed by atoms with Gasteiger partial charge in [0.1, 0.15) is 5.82 Å². The lowest BCUT2D eigenvalue weighted by molar-refractivity contribution is 0.0699. The average Bonchev–Trinajstić information content (AvgIpc) is 2.77. The monoisotopic (exact) mass is 245 g/mol. The number of fused-ring (bicyclic) bond motifs is 1. The van der Waals surface area contributed by atoms with Crippen LogP contribution in [0.25, 0.3) is 11.0 Å². The molecule has 1 aromatic heterocycles. The number of aromatic amines is 1. The van der Waals surface area contributed by atoms with Crippen molar-refractivity contribution in [2.24, 2.45) is 0 Å². The average molecular weight is 245 g/mol. The number of nitrogens with one attached hydrogen (secondary N) is 2. The van der Waals surface area contributed by atoms with Crippen LogP contribution in [-0.4, -0.2) is 29.2 Å². The molecule has 96 valence electrons. The normalized spacial score (nSPS) is 20.4. The van der Waals surface area contributed by atoms with Crippen LogP contribution < -0.4 is 5.32 Å². The lowest BCUT2D eigenvalue weighted by atomic mass is 10.1. The molecule has 1 unspecified atom stereocenters. The minimum absolute atomic E-state index is 0.498. The maximum atomic E-state index is 5.47. The second-order valence-corrected chi connectivity index (χ2v) is 4.97. The maximum Gasteiger partial charge on any atom is 0.104 e. The number of nitrogens with zero attached hydrogens (tertiary/aromatic N) is 1. The molecule has 1 fully saturated rings.